The van der Waals surface area contributed by atoms with Crippen molar-refractivity contribution in [3.05, 3.63) is 11.6 Å². The molecular formula is C18H36IN7O2. The Morgan fingerprint density at radius 1 is 1.18 bits per heavy atom. The lowest BCUT2D eigenvalue weighted by Crippen LogP contribution is -2.41. The van der Waals surface area contributed by atoms with E-state index >= 15 is 0 Å². The molecule has 0 saturated carbocycles. The lowest BCUT2D eigenvalue weighted by Gasteiger charge is -2.26. The van der Waals surface area contributed by atoms with Crippen molar-refractivity contribution in [2.45, 2.75) is 33.2 Å². The van der Waals surface area contributed by atoms with Crippen molar-refractivity contribution >= 4 is 29.9 Å². The molecule has 0 atom stereocenters. The van der Waals surface area contributed by atoms with Crippen LogP contribution in [0.1, 0.15) is 31.4 Å². The van der Waals surface area contributed by atoms with E-state index in [1.807, 2.05) is 25.5 Å². The Morgan fingerprint density at radius 2 is 1.89 bits per heavy atom. The van der Waals surface area contributed by atoms with Gasteiger partial charge in [0.15, 0.2) is 11.8 Å². The van der Waals surface area contributed by atoms with Crippen molar-refractivity contribution in [1.82, 2.24) is 30.3 Å². The zero-order chi connectivity index (χ0) is 19.3. The third kappa shape index (κ3) is 9.48. The maximum atomic E-state index is 5.39. The lowest BCUT2D eigenvalue weighted by atomic mass is 10.3. The number of morpholine rings is 1. The van der Waals surface area contributed by atoms with Crippen LogP contribution in [-0.4, -0.2) is 84.8 Å². The Labute approximate surface area is 185 Å². The predicted octanol–water partition coefficient (Wildman–Crippen LogP) is 0.926. The van der Waals surface area contributed by atoms with E-state index in [2.05, 4.69) is 30.7 Å². The van der Waals surface area contributed by atoms with E-state index in [1.54, 1.807) is 0 Å². The van der Waals surface area contributed by atoms with Crippen LogP contribution >= 0.6 is 24.0 Å². The van der Waals surface area contributed by atoms with Crippen LogP contribution in [0.15, 0.2) is 4.99 Å². The molecule has 0 amide bonds. The molecule has 0 bridgehead atoms. The van der Waals surface area contributed by atoms with Gasteiger partial charge in [0.05, 0.1) is 13.2 Å². The Kier molecular flexibility index (Phi) is 13.4. The lowest BCUT2D eigenvalue weighted by molar-refractivity contribution is 0.0376. The molecule has 2 rings (SSSR count). The van der Waals surface area contributed by atoms with Gasteiger partial charge in [-0.15, -0.1) is 34.2 Å². The van der Waals surface area contributed by atoms with Gasteiger partial charge in [-0.05, 0) is 33.2 Å². The fourth-order valence-corrected chi connectivity index (χ4v) is 2.77. The van der Waals surface area contributed by atoms with Gasteiger partial charge in [-0.25, -0.2) is 4.99 Å². The van der Waals surface area contributed by atoms with Gasteiger partial charge < -0.3 is 24.7 Å². The molecule has 0 unspecified atom stereocenters. The summed E-state index contributed by atoms with van der Waals surface area (Å²) in [5.74, 6) is 2.57. The van der Waals surface area contributed by atoms with Crippen LogP contribution < -0.4 is 10.6 Å². The molecule has 162 valence electrons. The number of halogens is 1. The fraction of sp³-hybridized carbons (Fsp3) is 0.833. The number of aromatic nitrogens is 3. The van der Waals surface area contributed by atoms with Crippen LogP contribution in [0, 0.1) is 6.92 Å². The third-order valence-corrected chi connectivity index (χ3v) is 4.57. The molecule has 1 saturated heterocycles. The van der Waals surface area contributed by atoms with Crippen molar-refractivity contribution in [3.8, 4) is 0 Å². The molecule has 1 fully saturated rings. The maximum absolute atomic E-state index is 5.39. The molecule has 0 spiro atoms. The summed E-state index contributed by atoms with van der Waals surface area (Å²) < 4.78 is 12.8. The van der Waals surface area contributed by atoms with Gasteiger partial charge in [0.25, 0.3) is 0 Å². The van der Waals surface area contributed by atoms with Crippen LogP contribution in [0.4, 0.5) is 0 Å². The smallest absolute Gasteiger partial charge is 0.191 e. The van der Waals surface area contributed by atoms with Crippen molar-refractivity contribution in [2.75, 3.05) is 59.2 Å². The highest BCUT2D eigenvalue weighted by molar-refractivity contribution is 14.0. The number of rotatable bonds is 11. The van der Waals surface area contributed by atoms with Crippen molar-refractivity contribution in [3.63, 3.8) is 0 Å². The Balaban J connectivity index is 0.00000392. The highest BCUT2D eigenvalue weighted by atomic mass is 127. The molecule has 1 aromatic rings. The van der Waals surface area contributed by atoms with Crippen molar-refractivity contribution in [1.29, 1.82) is 0 Å². The zero-order valence-electron chi connectivity index (χ0n) is 17.4. The SMILES string of the molecule is CCOCCCNC(=NCc1nnc(C)n1C)NCCCN1CCOCC1.I. The first-order chi connectivity index (χ1) is 13.2. The Morgan fingerprint density at radius 3 is 2.54 bits per heavy atom. The summed E-state index contributed by atoms with van der Waals surface area (Å²) in [5.41, 5.74) is 0. The highest BCUT2D eigenvalue weighted by Crippen LogP contribution is 2.00. The van der Waals surface area contributed by atoms with Crippen LogP contribution in [0.2, 0.25) is 0 Å². The summed E-state index contributed by atoms with van der Waals surface area (Å²) in [6.45, 7) is 12.5. The molecule has 0 aliphatic carbocycles. The Bertz CT molecular complexity index is 562. The van der Waals surface area contributed by atoms with Crippen LogP contribution in [0.25, 0.3) is 0 Å². The first-order valence-electron chi connectivity index (χ1n) is 9.95. The highest BCUT2D eigenvalue weighted by Gasteiger charge is 2.09. The second-order valence-corrected chi connectivity index (χ2v) is 6.60. The fourth-order valence-electron chi connectivity index (χ4n) is 2.77. The minimum Gasteiger partial charge on any atom is -0.382 e. The van der Waals surface area contributed by atoms with Gasteiger partial charge in [0, 0.05) is 46.4 Å². The number of aliphatic imine (C=N–C) groups is 1. The van der Waals surface area contributed by atoms with Crippen molar-refractivity contribution < 1.29 is 9.47 Å². The number of hydrogen-bond acceptors (Lipinski definition) is 6. The maximum Gasteiger partial charge on any atom is 0.191 e. The normalized spacial score (nSPS) is 15.3. The molecule has 0 aromatic carbocycles. The minimum absolute atomic E-state index is 0. The number of nitrogens with zero attached hydrogens (tertiary/aromatic N) is 5. The van der Waals surface area contributed by atoms with E-state index in [9.17, 15) is 0 Å². The predicted molar refractivity (Wildman–Crippen MR) is 121 cm³/mol. The van der Waals surface area contributed by atoms with E-state index in [1.165, 1.54) is 0 Å². The number of hydrogen-bond donors (Lipinski definition) is 2. The molecule has 28 heavy (non-hydrogen) atoms. The van der Waals surface area contributed by atoms with Crippen LogP contribution in [0.5, 0.6) is 0 Å². The summed E-state index contributed by atoms with van der Waals surface area (Å²) in [7, 11) is 1.96. The largest absolute Gasteiger partial charge is 0.382 e. The molecule has 0 radical (unpaired) electrons. The van der Waals surface area contributed by atoms with Gasteiger partial charge in [-0.3, -0.25) is 4.90 Å². The van der Waals surface area contributed by atoms with Gasteiger partial charge in [0.1, 0.15) is 12.4 Å². The molecule has 2 N–H and O–H groups in total. The second kappa shape index (κ2) is 14.9. The Hall–Kier alpha value is -0.980. The monoisotopic (exact) mass is 509 g/mol. The van der Waals surface area contributed by atoms with Gasteiger partial charge >= 0.3 is 0 Å². The summed E-state index contributed by atoms with van der Waals surface area (Å²) in [6, 6.07) is 0. The minimum atomic E-state index is 0. The van der Waals surface area contributed by atoms with Crippen LogP contribution in [0.3, 0.4) is 0 Å². The molecular weight excluding hydrogens is 473 g/mol. The summed E-state index contributed by atoms with van der Waals surface area (Å²) in [4.78, 5) is 7.11. The standard InChI is InChI=1S/C18H35N7O2.HI/c1-4-26-12-6-8-20-18(21-15-17-23-22-16(2)24(17)3)19-7-5-9-25-10-13-27-14-11-25;/h4-15H2,1-3H3,(H2,19,20,21);1H. The zero-order valence-corrected chi connectivity index (χ0v) is 19.8. The molecule has 1 aliphatic rings. The topological polar surface area (TPSA) is 88.8 Å². The molecule has 1 aliphatic heterocycles. The van der Waals surface area contributed by atoms with Crippen molar-refractivity contribution in [2.24, 2.45) is 12.0 Å². The van der Waals surface area contributed by atoms with E-state index in [4.69, 9.17) is 9.47 Å². The molecule has 9 nitrogen and oxygen atoms in total. The first-order valence-corrected chi connectivity index (χ1v) is 9.95. The number of nitrogens with one attached hydrogen (secondary N) is 2. The van der Waals surface area contributed by atoms with Gasteiger partial charge in [0.2, 0.25) is 0 Å². The first kappa shape index (κ1) is 25.1. The second-order valence-electron chi connectivity index (χ2n) is 6.60. The van der Waals surface area contributed by atoms with Gasteiger partial charge in [-0.1, -0.05) is 0 Å². The average molecular weight is 509 g/mol. The van der Waals surface area contributed by atoms with Crippen LogP contribution in [-0.2, 0) is 23.1 Å². The average Bonchev–Trinajstić information content (AvgIpc) is 3.01. The summed E-state index contributed by atoms with van der Waals surface area (Å²) in [6.07, 6.45) is 2.02. The van der Waals surface area contributed by atoms with E-state index in [0.717, 1.165) is 89.6 Å². The number of aryl methyl sites for hydroxylation is 1. The quantitative estimate of drug-likeness (QED) is 0.199. The van der Waals surface area contributed by atoms with Gasteiger partial charge in [-0.2, -0.15) is 0 Å². The summed E-state index contributed by atoms with van der Waals surface area (Å²) in [5, 5.41) is 15.1. The molecule has 1 aromatic heterocycles. The number of guanidine groups is 1. The third-order valence-electron chi connectivity index (χ3n) is 4.57. The van der Waals surface area contributed by atoms with E-state index in [0.29, 0.717) is 6.54 Å². The number of ether oxygens (including phenoxy) is 2. The van der Waals surface area contributed by atoms with E-state index < -0.39 is 0 Å². The summed E-state index contributed by atoms with van der Waals surface area (Å²) >= 11 is 0. The molecule has 2 heterocycles. The van der Waals surface area contributed by atoms with E-state index in [-0.39, 0.29) is 24.0 Å². The molecule has 10 heteroatoms.